The summed E-state index contributed by atoms with van der Waals surface area (Å²) in [6.45, 7) is 0.826. The summed E-state index contributed by atoms with van der Waals surface area (Å²) >= 11 is 0. The van der Waals surface area contributed by atoms with Gasteiger partial charge in [0.1, 0.15) is 0 Å². The molecule has 2 heterocycles. The third kappa shape index (κ3) is 2.68. The van der Waals surface area contributed by atoms with Crippen LogP contribution in [-0.2, 0) is 6.42 Å². The summed E-state index contributed by atoms with van der Waals surface area (Å²) in [5.41, 5.74) is 1.26. The van der Waals surface area contributed by atoms with Gasteiger partial charge in [0.25, 0.3) is 0 Å². The Bertz CT molecular complexity index is 662. The third-order valence-electron chi connectivity index (χ3n) is 3.03. The van der Waals surface area contributed by atoms with Crippen molar-refractivity contribution in [1.29, 1.82) is 0 Å². The fraction of sp³-hybridized carbons (Fsp3) is 0.133. The Hall–Kier alpha value is -2.49. The number of pyridine rings is 1. The van der Waals surface area contributed by atoms with Gasteiger partial charge < -0.3 is 5.32 Å². The van der Waals surface area contributed by atoms with Crippen LogP contribution in [-0.4, -0.2) is 21.7 Å². The van der Waals surface area contributed by atoms with Gasteiger partial charge in [-0.05, 0) is 24.1 Å². The molecule has 0 amide bonds. The number of nitrogens with zero attached hydrogens (tertiary/aromatic N) is 3. The number of hydrogen-bond donors (Lipinski definition) is 1. The maximum Gasteiger partial charge on any atom is 0.156 e. The molecule has 1 N–H and O–H groups in total. The lowest BCUT2D eigenvalue weighted by molar-refractivity contribution is 0.974. The monoisotopic (exact) mass is 250 g/mol. The van der Waals surface area contributed by atoms with Crippen molar-refractivity contribution in [2.45, 2.75) is 6.42 Å². The Morgan fingerprint density at radius 3 is 2.74 bits per heavy atom. The quantitative estimate of drug-likeness (QED) is 0.773. The van der Waals surface area contributed by atoms with Gasteiger partial charge >= 0.3 is 0 Å². The first kappa shape index (κ1) is 11.6. The van der Waals surface area contributed by atoms with Gasteiger partial charge in [0, 0.05) is 29.7 Å². The Morgan fingerprint density at radius 1 is 1.00 bits per heavy atom. The molecule has 4 nitrogen and oxygen atoms in total. The average Bonchev–Trinajstić information content (AvgIpc) is 2.49. The molecule has 3 rings (SSSR count). The standard InChI is InChI=1S/C15H14N4/c1-2-4-14-13(3-1)11-18-19-15(14)17-10-7-12-5-8-16-9-6-12/h1-6,8-9,11H,7,10H2,(H,17,19). The molecule has 0 spiro atoms. The second kappa shape index (κ2) is 5.44. The Kier molecular flexibility index (Phi) is 3.32. The highest BCUT2D eigenvalue weighted by Gasteiger charge is 2.01. The minimum absolute atomic E-state index is 0.826. The van der Waals surface area contributed by atoms with Crippen molar-refractivity contribution in [1.82, 2.24) is 15.2 Å². The number of fused-ring (bicyclic) bond motifs is 1. The van der Waals surface area contributed by atoms with E-state index >= 15 is 0 Å². The number of nitrogens with one attached hydrogen (secondary N) is 1. The predicted octanol–water partition coefficient (Wildman–Crippen LogP) is 2.68. The molecule has 0 radical (unpaired) electrons. The zero-order chi connectivity index (χ0) is 12.9. The van der Waals surface area contributed by atoms with Gasteiger partial charge in [-0.25, -0.2) is 0 Å². The van der Waals surface area contributed by atoms with Crippen LogP contribution >= 0.6 is 0 Å². The number of rotatable bonds is 4. The molecule has 0 bridgehead atoms. The average molecular weight is 250 g/mol. The van der Waals surface area contributed by atoms with Crippen LogP contribution in [0.2, 0.25) is 0 Å². The second-order valence-electron chi connectivity index (χ2n) is 4.31. The van der Waals surface area contributed by atoms with E-state index in [9.17, 15) is 0 Å². The third-order valence-corrected chi connectivity index (χ3v) is 3.03. The molecule has 19 heavy (non-hydrogen) atoms. The molecule has 0 aliphatic heterocycles. The maximum absolute atomic E-state index is 4.16. The lowest BCUT2D eigenvalue weighted by Gasteiger charge is -2.07. The fourth-order valence-corrected chi connectivity index (χ4v) is 2.03. The summed E-state index contributed by atoms with van der Waals surface area (Å²) in [7, 11) is 0. The van der Waals surface area contributed by atoms with Crippen molar-refractivity contribution in [2.75, 3.05) is 11.9 Å². The molecule has 0 unspecified atom stereocenters. The van der Waals surface area contributed by atoms with E-state index in [4.69, 9.17) is 0 Å². The van der Waals surface area contributed by atoms with Crippen LogP contribution in [0.4, 0.5) is 5.82 Å². The zero-order valence-electron chi connectivity index (χ0n) is 10.5. The summed E-state index contributed by atoms with van der Waals surface area (Å²) in [6.07, 6.45) is 6.34. The molecule has 0 saturated heterocycles. The molecule has 3 aromatic rings. The summed E-state index contributed by atoms with van der Waals surface area (Å²) in [4.78, 5) is 4.01. The van der Waals surface area contributed by atoms with Gasteiger partial charge in [-0.3, -0.25) is 4.98 Å². The molecule has 0 fully saturated rings. The van der Waals surface area contributed by atoms with Gasteiger partial charge in [0.15, 0.2) is 5.82 Å². The van der Waals surface area contributed by atoms with E-state index in [2.05, 4.69) is 26.6 Å². The number of anilines is 1. The lowest BCUT2D eigenvalue weighted by Crippen LogP contribution is -2.07. The molecular weight excluding hydrogens is 236 g/mol. The van der Waals surface area contributed by atoms with Crippen molar-refractivity contribution < 1.29 is 0 Å². The molecule has 4 heteroatoms. The van der Waals surface area contributed by atoms with Crippen molar-refractivity contribution in [3.05, 3.63) is 60.6 Å². The van der Waals surface area contributed by atoms with Crippen molar-refractivity contribution >= 4 is 16.6 Å². The van der Waals surface area contributed by atoms with Crippen molar-refractivity contribution in [3.63, 3.8) is 0 Å². The van der Waals surface area contributed by atoms with Gasteiger partial charge in [0.05, 0.1) is 6.20 Å². The molecule has 0 aliphatic carbocycles. The van der Waals surface area contributed by atoms with Crippen LogP contribution in [0, 0.1) is 0 Å². The van der Waals surface area contributed by atoms with E-state index < -0.39 is 0 Å². The van der Waals surface area contributed by atoms with Crippen LogP contribution in [0.5, 0.6) is 0 Å². The van der Waals surface area contributed by atoms with Crippen molar-refractivity contribution in [2.24, 2.45) is 0 Å². The van der Waals surface area contributed by atoms with Gasteiger partial charge in [-0.15, -0.1) is 5.10 Å². The van der Waals surface area contributed by atoms with E-state index in [0.29, 0.717) is 0 Å². The first-order valence-corrected chi connectivity index (χ1v) is 6.27. The largest absolute Gasteiger partial charge is 0.368 e. The fourth-order valence-electron chi connectivity index (χ4n) is 2.03. The summed E-state index contributed by atoms with van der Waals surface area (Å²) < 4.78 is 0. The Labute approximate surface area is 111 Å². The second-order valence-corrected chi connectivity index (χ2v) is 4.31. The summed E-state index contributed by atoms with van der Waals surface area (Å²) in [5.74, 6) is 0.840. The molecule has 2 aromatic heterocycles. The van der Waals surface area contributed by atoms with Crippen LogP contribution in [0.15, 0.2) is 55.0 Å². The summed E-state index contributed by atoms with van der Waals surface area (Å²) in [5, 5.41) is 13.7. The molecular formula is C15H14N4. The normalized spacial score (nSPS) is 10.5. The number of aromatic nitrogens is 3. The topological polar surface area (TPSA) is 50.7 Å². The van der Waals surface area contributed by atoms with Gasteiger partial charge in [-0.2, -0.15) is 5.10 Å². The summed E-state index contributed by atoms with van der Waals surface area (Å²) in [6, 6.07) is 12.2. The van der Waals surface area contributed by atoms with Crippen LogP contribution in [0.1, 0.15) is 5.56 Å². The molecule has 0 atom stereocenters. The van der Waals surface area contributed by atoms with Crippen molar-refractivity contribution in [3.8, 4) is 0 Å². The van der Waals surface area contributed by atoms with E-state index in [-0.39, 0.29) is 0 Å². The predicted molar refractivity (Wildman–Crippen MR) is 76.0 cm³/mol. The van der Waals surface area contributed by atoms with E-state index in [1.807, 2.05) is 42.7 Å². The molecule has 1 aromatic carbocycles. The first-order chi connectivity index (χ1) is 9.43. The lowest BCUT2D eigenvalue weighted by atomic mass is 10.2. The zero-order valence-corrected chi connectivity index (χ0v) is 10.5. The number of benzene rings is 1. The molecule has 0 aliphatic rings. The molecule has 94 valence electrons. The maximum atomic E-state index is 4.16. The van der Waals surface area contributed by atoms with E-state index in [1.54, 1.807) is 6.20 Å². The van der Waals surface area contributed by atoms with E-state index in [1.165, 1.54) is 5.56 Å². The van der Waals surface area contributed by atoms with Gasteiger partial charge in [-0.1, -0.05) is 24.3 Å². The SMILES string of the molecule is c1ccc2c(NCCc3ccncc3)nncc2c1. The smallest absolute Gasteiger partial charge is 0.156 e. The minimum Gasteiger partial charge on any atom is -0.368 e. The minimum atomic E-state index is 0.826. The van der Waals surface area contributed by atoms with Crippen LogP contribution in [0.25, 0.3) is 10.8 Å². The van der Waals surface area contributed by atoms with Gasteiger partial charge in [0.2, 0.25) is 0 Å². The number of hydrogen-bond acceptors (Lipinski definition) is 4. The van der Waals surface area contributed by atoms with E-state index in [0.717, 1.165) is 29.6 Å². The highest BCUT2D eigenvalue weighted by molar-refractivity contribution is 5.90. The van der Waals surface area contributed by atoms with Crippen LogP contribution in [0.3, 0.4) is 0 Å². The Balaban J connectivity index is 1.72. The highest BCUT2D eigenvalue weighted by Crippen LogP contribution is 2.18. The first-order valence-electron chi connectivity index (χ1n) is 6.27. The Morgan fingerprint density at radius 2 is 1.84 bits per heavy atom. The highest BCUT2D eigenvalue weighted by atomic mass is 15.2. The van der Waals surface area contributed by atoms with Crippen LogP contribution < -0.4 is 5.32 Å². The molecule has 0 saturated carbocycles.